The Kier molecular flexibility index (Phi) is 5.21. The van der Waals surface area contributed by atoms with E-state index in [0.29, 0.717) is 5.56 Å². The highest BCUT2D eigenvalue weighted by molar-refractivity contribution is 6.30. The van der Waals surface area contributed by atoms with Crippen LogP contribution in [0.25, 0.3) is 0 Å². The van der Waals surface area contributed by atoms with Gasteiger partial charge in [-0.15, -0.1) is 12.4 Å². The van der Waals surface area contributed by atoms with Gasteiger partial charge >= 0.3 is 0 Å². The summed E-state index contributed by atoms with van der Waals surface area (Å²) in [6.07, 6.45) is 0. The van der Waals surface area contributed by atoms with Gasteiger partial charge in [-0.05, 0) is 23.8 Å². The molecule has 0 fully saturated rings. The highest BCUT2D eigenvalue weighted by atomic mass is 35.5. The molecule has 74 valence electrons. The third-order valence-electron chi connectivity index (χ3n) is 1.48. The fraction of sp³-hybridized carbons (Fsp3) is 0.250. The second-order valence-corrected chi connectivity index (χ2v) is 2.90. The number of benzene rings is 1. The minimum Gasteiger partial charge on any atom is -0.322 e. The van der Waals surface area contributed by atoms with Crippen molar-refractivity contribution in [3.8, 4) is 0 Å². The lowest BCUT2D eigenvalue weighted by atomic mass is 10.1. The second kappa shape index (κ2) is 5.37. The molecule has 0 aliphatic carbocycles. The van der Waals surface area contributed by atoms with Crippen LogP contribution in [0.5, 0.6) is 0 Å². The van der Waals surface area contributed by atoms with Gasteiger partial charge in [-0.1, -0.05) is 11.6 Å². The van der Waals surface area contributed by atoms with Crippen molar-refractivity contribution in [3.05, 3.63) is 34.6 Å². The van der Waals surface area contributed by atoms with E-state index >= 15 is 0 Å². The van der Waals surface area contributed by atoms with E-state index in [2.05, 4.69) is 0 Å². The fourth-order valence-electron chi connectivity index (χ4n) is 0.878. The Bertz CT molecular complexity index is 261. The molecule has 1 atom stereocenters. The van der Waals surface area contributed by atoms with Crippen LogP contribution in [0.15, 0.2) is 18.2 Å². The van der Waals surface area contributed by atoms with Crippen LogP contribution in [0.4, 0.5) is 8.78 Å². The molecule has 0 aliphatic rings. The average Bonchev–Trinajstić information content (AvgIpc) is 2.01. The van der Waals surface area contributed by atoms with Crippen LogP contribution in [0, 0.1) is 5.82 Å². The molecule has 0 heterocycles. The first-order chi connectivity index (χ1) is 5.63. The van der Waals surface area contributed by atoms with Gasteiger partial charge in [0, 0.05) is 5.02 Å². The lowest BCUT2D eigenvalue weighted by Gasteiger charge is -2.07. The van der Waals surface area contributed by atoms with Gasteiger partial charge in [0.15, 0.2) is 0 Å². The van der Waals surface area contributed by atoms with E-state index in [4.69, 9.17) is 17.3 Å². The SMILES string of the molecule is Cl.N[C@@H](CF)c1cc(F)cc(Cl)c1. The maximum atomic E-state index is 12.7. The maximum absolute atomic E-state index is 12.7. The third kappa shape index (κ3) is 3.46. The molecule has 1 aromatic rings. The molecular weight excluding hydrogens is 219 g/mol. The predicted octanol–water partition coefficient (Wildman–Crippen LogP) is 2.87. The summed E-state index contributed by atoms with van der Waals surface area (Å²) in [7, 11) is 0. The molecule has 0 aliphatic heterocycles. The summed E-state index contributed by atoms with van der Waals surface area (Å²) in [5, 5.41) is 0.230. The number of halogens is 4. The topological polar surface area (TPSA) is 26.0 Å². The Hall–Kier alpha value is -0.380. The van der Waals surface area contributed by atoms with E-state index < -0.39 is 18.5 Å². The lowest BCUT2D eigenvalue weighted by molar-refractivity contribution is 0.436. The zero-order chi connectivity index (χ0) is 9.14. The highest BCUT2D eigenvalue weighted by Crippen LogP contribution is 2.18. The van der Waals surface area contributed by atoms with E-state index in [0.717, 1.165) is 6.07 Å². The summed E-state index contributed by atoms with van der Waals surface area (Å²) in [6.45, 7) is -0.722. The van der Waals surface area contributed by atoms with Gasteiger partial charge in [-0.25, -0.2) is 8.78 Å². The Morgan fingerprint density at radius 1 is 1.38 bits per heavy atom. The van der Waals surface area contributed by atoms with Gasteiger partial charge in [0.1, 0.15) is 12.5 Å². The molecule has 13 heavy (non-hydrogen) atoms. The third-order valence-corrected chi connectivity index (χ3v) is 1.70. The first kappa shape index (κ1) is 12.6. The van der Waals surface area contributed by atoms with E-state index in [1.54, 1.807) is 0 Å². The summed E-state index contributed by atoms with van der Waals surface area (Å²) in [5.74, 6) is -0.499. The number of hydrogen-bond acceptors (Lipinski definition) is 1. The van der Waals surface area contributed by atoms with Gasteiger partial charge in [-0.2, -0.15) is 0 Å². The van der Waals surface area contributed by atoms with Gasteiger partial charge in [-0.3, -0.25) is 0 Å². The second-order valence-electron chi connectivity index (χ2n) is 2.46. The molecule has 0 unspecified atom stereocenters. The van der Waals surface area contributed by atoms with Crippen molar-refractivity contribution in [2.75, 3.05) is 6.67 Å². The molecule has 2 N–H and O–H groups in total. The summed E-state index contributed by atoms with van der Waals surface area (Å²) in [6, 6.07) is 2.99. The standard InChI is InChI=1S/C8H8ClF2N.ClH/c9-6-1-5(8(12)4-10)2-7(11)3-6;/h1-3,8H,4,12H2;1H/t8-;/m0./s1. The molecule has 0 amide bonds. The van der Waals surface area contributed by atoms with Crippen LogP contribution < -0.4 is 5.73 Å². The van der Waals surface area contributed by atoms with Crippen LogP contribution in [0.3, 0.4) is 0 Å². The van der Waals surface area contributed by atoms with E-state index in [9.17, 15) is 8.78 Å². The molecule has 1 aromatic carbocycles. The smallest absolute Gasteiger partial charge is 0.125 e. The number of rotatable bonds is 2. The quantitative estimate of drug-likeness (QED) is 0.827. The van der Waals surface area contributed by atoms with Crippen molar-refractivity contribution in [2.24, 2.45) is 5.73 Å². The van der Waals surface area contributed by atoms with Gasteiger partial charge in [0.2, 0.25) is 0 Å². The van der Waals surface area contributed by atoms with E-state index in [-0.39, 0.29) is 17.4 Å². The molecule has 1 rings (SSSR count). The van der Waals surface area contributed by atoms with Gasteiger partial charge in [0.05, 0.1) is 6.04 Å². The van der Waals surface area contributed by atoms with Crippen LogP contribution in [0.1, 0.15) is 11.6 Å². The van der Waals surface area contributed by atoms with E-state index in [1.807, 2.05) is 0 Å². The van der Waals surface area contributed by atoms with Crippen LogP contribution in [0.2, 0.25) is 5.02 Å². The molecule has 0 aromatic heterocycles. The Balaban J connectivity index is 0.00000144. The van der Waals surface area contributed by atoms with Crippen molar-refractivity contribution in [2.45, 2.75) is 6.04 Å². The summed E-state index contributed by atoms with van der Waals surface area (Å²) >= 11 is 5.53. The summed E-state index contributed by atoms with van der Waals surface area (Å²) in [5.41, 5.74) is 5.71. The van der Waals surface area contributed by atoms with Crippen molar-refractivity contribution >= 4 is 24.0 Å². The minimum absolute atomic E-state index is 0. The van der Waals surface area contributed by atoms with Crippen molar-refractivity contribution in [3.63, 3.8) is 0 Å². The van der Waals surface area contributed by atoms with Crippen molar-refractivity contribution in [1.29, 1.82) is 0 Å². The minimum atomic E-state index is -0.793. The number of alkyl halides is 1. The molecule has 0 saturated heterocycles. The normalized spacial score (nSPS) is 12.0. The first-order valence-electron chi connectivity index (χ1n) is 3.41. The number of hydrogen-bond donors (Lipinski definition) is 1. The van der Waals surface area contributed by atoms with Gasteiger partial charge in [0.25, 0.3) is 0 Å². The monoisotopic (exact) mass is 227 g/mol. The Morgan fingerprint density at radius 2 is 2.00 bits per heavy atom. The van der Waals surface area contributed by atoms with Crippen LogP contribution in [-0.2, 0) is 0 Å². The lowest BCUT2D eigenvalue weighted by Crippen LogP contribution is -2.12. The Labute approximate surface area is 86.3 Å². The Morgan fingerprint density at radius 3 is 2.46 bits per heavy atom. The molecule has 1 nitrogen and oxygen atoms in total. The summed E-state index contributed by atoms with van der Waals surface area (Å²) < 4.78 is 24.7. The first-order valence-corrected chi connectivity index (χ1v) is 3.79. The van der Waals surface area contributed by atoms with Gasteiger partial charge < -0.3 is 5.73 Å². The van der Waals surface area contributed by atoms with Crippen LogP contribution in [-0.4, -0.2) is 6.67 Å². The van der Waals surface area contributed by atoms with E-state index in [1.165, 1.54) is 12.1 Å². The van der Waals surface area contributed by atoms with Crippen LogP contribution >= 0.6 is 24.0 Å². The fourth-order valence-corrected chi connectivity index (χ4v) is 1.11. The molecule has 0 spiro atoms. The molecular formula is C8H9Cl2F2N. The zero-order valence-corrected chi connectivity index (χ0v) is 8.21. The molecule has 5 heteroatoms. The predicted molar refractivity (Wildman–Crippen MR) is 51.6 cm³/mol. The summed E-state index contributed by atoms with van der Waals surface area (Å²) in [4.78, 5) is 0. The molecule has 0 bridgehead atoms. The largest absolute Gasteiger partial charge is 0.322 e. The maximum Gasteiger partial charge on any atom is 0.125 e. The highest BCUT2D eigenvalue weighted by Gasteiger charge is 2.07. The molecule has 0 saturated carbocycles. The van der Waals surface area contributed by atoms with Crippen molar-refractivity contribution < 1.29 is 8.78 Å². The average molecular weight is 228 g/mol. The zero-order valence-electron chi connectivity index (χ0n) is 6.64. The number of nitrogens with two attached hydrogens (primary N) is 1. The van der Waals surface area contributed by atoms with Crippen molar-refractivity contribution in [1.82, 2.24) is 0 Å². The molecule has 0 radical (unpaired) electrons.